The molecule has 1 aromatic rings. The predicted octanol–water partition coefficient (Wildman–Crippen LogP) is 1.19. The van der Waals surface area contributed by atoms with Gasteiger partial charge in [-0.25, -0.2) is 0 Å². The molecule has 0 radical (unpaired) electrons. The molecule has 0 amide bonds. The minimum absolute atomic E-state index is 0.143. The van der Waals surface area contributed by atoms with E-state index in [1.54, 1.807) is 14.2 Å². The number of aliphatic carboxylic acids is 1. The van der Waals surface area contributed by atoms with Crippen LogP contribution >= 0.6 is 0 Å². The van der Waals surface area contributed by atoms with Crippen molar-refractivity contribution in [1.82, 2.24) is 5.32 Å². The van der Waals surface area contributed by atoms with Gasteiger partial charge in [0.25, 0.3) is 0 Å². The topological polar surface area (TPSA) is 61.8 Å². The van der Waals surface area contributed by atoms with Gasteiger partial charge in [-0.15, -0.1) is 0 Å². The number of hydrogen-bond acceptors (Lipinski definition) is 4. The molecule has 0 saturated carbocycles. The maximum atomic E-state index is 11.1. The number of nitrogens with one attached hydrogen (secondary N) is 1. The van der Waals surface area contributed by atoms with Crippen molar-refractivity contribution in [3.05, 3.63) is 24.3 Å². The van der Waals surface area contributed by atoms with E-state index in [1.165, 1.54) is 0 Å². The molecule has 2 rings (SSSR count). The molecule has 2 N–H and O–H groups in total. The van der Waals surface area contributed by atoms with E-state index in [9.17, 15) is 4.79 Å². The highest BCUT2D eigenvalue weighted by Crippen LogP contribution is 2.27. The largest absolute Gasteiger partial charge is 0.497 e. The van der Waals surface area contributed by atoms with E-state index in [2.05, 4.69) is 10.2 Å². The van der Waals surface area contributed by atoms with E-state index in [1.807, 2.05) is 24.3 Å². The first-order chi connectivity index (χ1) is 9.15. The lowest BCUT2D eigenvalue weighted by Gasteiger charge is -2.21. The van der Waals surface area contributed by atoms with Crippen molar-refractivity contribution in [3.63, 3.8) is 0 Å². The van der Waals surface area contributed by atoms with Gasteiger partial charge in [0.15, 0.2) is 0 Å². The molecule has 19 heavy (non-hydrogen) atoms. The van der Waals surface area contributed by atoms with Crippen LogP contribution in [0.15, 0.2) is 24.3 Å². The molecule has 0 aromatic heterocycles. The van der Waals surface area contributed by atoms with E-state index in [-0.39, 0.29) is 5.92 Å². The molecule has 2 unspecified atom stereocenters. The summed E-state index contributed by atoms with van der Waals surface area (Å²) in [5, 5.41) is 12.0. The Kier molecular flexibility index (Phi) is 4.27. The number of methoxy groups -OCH3 is 1. The summed E-state index contributed by atoms with van der Waals surface area (Å²) in [6.07, 6.45) is 0.893. The zero-order chi connectivity index (χ0) is 13.8. The van der Waals surface area contributed by atoms with Crippen LogP contribution in [0, 0.1) is 5.92 Å². The van der Waals surface area contributed by atoms with Crippen LogP contribution in [0.5, 0.6) is 5.75 Å². The molecule has 1 fully saturated rings. The van der Waals surface area contributed by atoms with Gasteiger partial charge in [0.1, 0.15) is 11.8 Å². The molecule has 104 valence electrons. The summed E-state index contributed by atoms with van der Waals surface area (Å²) in [6.45, 7) is 1.66. The van der Waals surface area contributed by atoms with Crippen LogP contribution in [0.3, 0.4) is 0 Å². The highest BCUT2D eigenvalue weighted by atomic mass is 16.5. The van der Waals surface area contributed by atoms with E-state index in [0.29, 0.717) is 0 Å². The number of ether oxygens (including phenoxy) is 1. The van der Waals surface area contributed by atoms with Gasteiger partial charge in [-0.1, -0.05) is 0 Å². The molecule has 1 aromatic carbocycles. The third-order valence-electron chi connectivity index (χ3n) is 3.71. The average molecular weight is 264 g/mol. The molecule has 5 nitrogen and oxygen atoms in total. The van der Waals surface area contributed by atoms with Crippen molar-refractivity contribution in [3.8, 4) is 5.75 Å². The molecule has 5 heteroatoms. The van der Waals surface area contributed by atoms with Gasteiger partial charge in [0, 0.05) is 24.7 Å². The number of anilines is 1. The fourth-order valence-electron chi connectivity index (χ4n) is 2.65. The minimum atomic E-state index is -0.774. The third-order valence-corrected chi connectivity index (χ3v) is 3.71. The lowest BCUT2D eigenvalue weighted by Crippen LogP contribution is -2.41. The lowest BCUT2D eigenvalue weighted by atomic mass is 9.99. The van der Waals surface area contributed by atoms with E-state index in [4.69, 9.17) is 9.84 Å². The zero-order valence-electron chi connectivity index (χ0n) is 11.3. The van der Waals surface area contributed by atoms with Gasteiger partial charge in [-0.05, 0) is 37.7 Å². The van der Waals surface area contributed by atoms with Crippen molar-refractivity contribution < 1.29 is 14.6 Å². The van der Waals surface area contributed by atoms with Crippen LogP contribution < -0.4 is 15.0 Å². The standard InChI is InChI=1S/C14H20N2O3/c1-15-13(14(17)18)10-7-8-16(9-10)11-3-5-12(19-2)6-4-11/h3-6,10,13,15H,7-9H2,1-2H3,(H,17,18). The van der Waals surface area contributed by atoms with Crippen LogP contribution in [0.4, 0.5) is 5.69 Å². The molecular weight excluding hydrogens is 244 g/mol. The predicted molar refractivity (Wildman–Crippen MR) is 73.8 cm³/mol. The number of carboxylic acid groups (broad SMARTS) is 1. The number of benzene rings is 1. The molecule has 0 bridgehead atoms. The molecular formula is C14H20N2O3. The Morgan fingerprint density at radius 3 is 2.68 bits per heavy atom. The minimum Gasteiger partial charge on any atom is -0.497 e. The van der Waals surface area contributed by atoms with Crippen LogP contribution in [0.25, 0.3) is 0 Å². The fourth-order valence-corrected chi connectivity index (χ4v) is 2.65. The summed E-state index contributed by atoms with van der Waals surface area (Å²) < 4.78 is 5.13. The van der Waals surface area contributed by atoms with Crippen molar-refractivity contribution in [2.75, 3.05) is 32.1 Å². The van der Waals surface area contributed by atoms with Crippen molar-refractivity contribution in [2.24, 2.45) is 5.92 Å². The summed E-state index contributed by atoms with van der Waals surface area (Å²) >= 11 is 0. The van der Waals surface area contributed by atoms with Gasteiger partial charge < -0.3 is 20.1 Å². The Labute approximate surface area is 113 Å². The Hall–Kier alpha value is -1.75. The number of rotatable bonds is 5. The van der Waals surface area contributed by atoms with Crippen molar-refractivity contribution in [2.45, 2.75) is 12.5 Å². The molecule has 2 atom stereocenters. The second kappa shape index (κ2) is 5.93. The molecule has 1 saturated heterocycles. The second-order valence-corrected chi connectivity index (χ2v) is 4.80. The Morgan fingerprint density at radius 2 is 2.16 bits per heavy atom. The molecule has 1 heterocycles. The van der Waals surface area contributed by atoms with Gasteiger partial charge in [-0.3, -0.25) is 4.79 Å². The smallest absolute Gasteiger partial charge is 0.321 e. The van der Waals surface area contributed by atoms with Crippen LogP contribution in [-0.2, 0) is 4.79 Å². The molecule has 0 aliphatic carbocycles. The summed E-state index contributed by atoms with van der Waals surface area (Å²) in [5.41, 5.74) is 1.11. The number of hydrogen-bond donors (Lipinski definition) is 2. The van der Waals surface area contributed by atoms with Crippen LogP contribution in [-0.4, -0.2) is 44.4 Å². The van der Waals surface area contributed by atoms with Gasteiger partial charge in [-0.2, -0.15) is 0 Å². The SMILES string of the molecule is CNC(C(=O)O)C1CCN(c2ccc(OC)cc2)C1. The number of nitrogens with zero attached hydrogens (tertiary/aromatic N) is 1. The molecule has 0 spiro atoms. The van der Waals surface area contributed by atoms with E-state index in [0.717, 1.165) is 30.9 Å². The third kappa shape index (κ3) is 2.98. The zero-order valence-corrected chi connectivity index (χ0v) is 11.3. The normalized spacial score (nSPS) is 20.3. The first-order valence-electron chi connectivity index (χ1n) is 6.44. The van der Waals surface area contributed by atoms with Crippen LogP contribution in [0.2, 0.25) is 0 Å². The van der Waals surface area contributed by atoms with Gasteiger partial charge in [0.2, 0.25) is 0 Å². The van der Waals surface area contributed by atoms with Crippen molar-refractivity contribution >= 4 is 11.7 Å². The molecule has 1 aliphatic rings. The van der Waals surface area contributed by atoms with Crippen LogP contribution in [0.1, 0.15) is 6.42 Å². The number of carbonyl (C=O) groups is 1. The lowest BCUT2D eigenvalue weighted by molar-refractivity contribution is -0.140. The van der Waals surface area contributed by atoms with Crippen molar-refractivity contribution in [1.29, 1.82) is 0 Å². The maximum Gasteiger partial charge on any atom is 0.321 e. The highest BCUT2D eigenvalue weighted by molar-refractivity contribution is 5.74. The fraction of sp³-hybridized carbons (Fsp3) is 0.500. The first-order valence-corrected chi connectivity index (χ1v) is 6.44. The Morgan fingerprint density at radius 1 is 1.47 bits per heavy atom. The van der Waals surface area contributed by atoms with E-state index < -0.39 is 12.0 Å². The van der Waals surface area contributed by atoms with Gasteiger partial charge in [0.05, 0.1) is 7.11 Å². The Bertz CT molecular complexity index is 433. The summed E-state index contributed by atoms with van der Waals surface area (Å²) in [5.74, 6) is 0.201. The van der Waals surface area contributed by atoms with E-state index >= 15 is 0 Å². The Balaban J connectivity index is 2.02. The maximum absolute atomic E-state index is 11.1. The summed E-state index contributed by atoms with van der Waals surface area (Å²) in [6, 6.07) is 7.40. The first kappa shape index (κ1) is 13.7. The summed E-state index contributed by atoms with van der Waals surface area (Å²) in [4.78, 5) is 13.4. The second-order valence-electron chi connectivity index (χ2n) is 4.80. The monoisotopic (exact) mass is 264 g/mol. The average Bonchev–Trinajstić information content (AvgIpc) is 2.89. The van der Waals surface area contributed by atoms with Gasteiger partial charge >= 0.3 is 5.97 Å². The highest BCUT2D eigenvalue weighted by Gasteiger charge is 2.32. The summed E-state index contributed by atoms with van der Waals surface area (Å²) in [7, 11) is 3.35. The number of carboxylic acids is 1. The number of likely N-dealkylation sites (N-methyl/N-ethyl adjacent to an activating group) is 1. The molecule has 1 aliphatic heterocycles. The quantitative estimate of drug-likeness (QED) is 0.836.